The third-order valence-electron chi connectivity index (χ3n) is 3.22. The Balaban J connectivity index is 2.11. The molecule has 0 saturated carbocycles. The van der Waals surface area contributed by atoms with Crippen molar-refractivity contribution in [2.75, 3.05) is 6.54 Å². The summed E-state index contributed by atoms with van der Waals surface area (Å²) in [5.74, 6) is -3.81. The molecule has 0 aromatic heterocycles. The Morgan fingerprint density at radius 3 is 2.60 bits per heavy atom. The Kier molecular flexibility index (Phi) is 3.99. The second-order valence-electron chi connectivity index (χ2n) is 4.71. The fourth-order valence-corrected chi connectivity index (χ4v) is 2.25. The van der Waals surface area contributed by atoms with Gasteiger partial charge < -0.3 is 15.1 Å². The number of hydrogen-bond acceptors (Lipinski definition) is 3. The molecular weight excluding hydrogens is 272 g/mol. The Bertz CT molecular complexity index is 549. The first-order chi connectivity index (χ1) is 9.38. The Hall–Kier alpha value is -2.02. The molecule has 2 N–H and O–H groups in total. The molecule has 0 radical (unpaired) electrons. The summed E-state index contributed by atoms with van der Waals surface area (Å²) in [4.78, 5) is 24.1. The largest absolute Gasteiger partial charge is 0.480 e. The van der Waals surface area contributed by atoms with Crippen LogP contribution in [0.3, 0.4) is 0 Å². The minimum atomic E-state index is -1.19. The van der Waals surface area contributed by atoms with Crippen LogP contribution in [0.25, 0.3) is 0 Å². The van der Waals surface area contributed by atoms with Gasteiger partial charge in [0.2, 0.25) is 5.91 Å². The molecule has 2 rings (SSSR count). The minimum Gasteiger partial charge on any atom is -0.480 e. The van der Waals surface area contributed by atoms with Gasteiger partial charge in [0.1, 0.15) is 6.04 Å². The van der Waals surface area contributed by atoms with Crippen molar-refractivity contribution in [2.24, 2.45) is 0 Å². The van der Waals surface area contributed by atoms with Crippen molar-refractivity contribution < 1.29 is 28.6 Å². The van der Waals surface area contributed by atoms with Gasteiger partial charge in [-0.15, -0.1) is 0 Å². The molecule has 7 heteroatoms. The van der Waals surface area contributed by atoms with E-state index in [4.69, 9.17) is 5.11 Å². The highest BCUT2D eigenvalue weighted by Gasteiger charge is 2.38. The maximum Gasteiger partial charge on any atom is 0.326 e. The van der Waals surface area contributed by atoms with Crippen LogP contribution in [-0.4, -0.2) is 45.7 Å². The highest BCUT2D eigenvalue weighted by molar-refractivity contribution is 5.85. The standard InChI is InChI=1S/C13H13F2NO4/c14-9-2-1-7(3-10(9)15)4-12(18)16-6-8(17)5-11(16)13(19)20/h1-3,8,11,17H,4-6H2,(H,19,20)/t8?,11-/m0/s1. The van der Waals surface area contributed by atoms with E-state index in [0.29, 0.717) is 0 Å². The van der Waals surface area contributed by atoms with Crippen molar-refractivity contribution in [3.05, 3.63) is 35.4 Å². The molecule has 1 saturated heterocycles. The number of aliphatic hydroxyl groups excluding tert-OH is 1. The Labute approximate surface area is 113 Å². The quantitative estimate of drug-likeness (QED) is 0.850. The van der Waals surface area contributed by atoms with Crippen molar-refractivity contribution in [1.29, 1.82) is 0 Å². The SMILES string of the molecule is O=C(O)[C@@H]1CC(O)CN1C(=O)Cc1ccc(F)c(F)c1. The molecule has 1 aliphatic rings. The fourth-order valence-electron chi connectivity index (χ4n) is 2.25. The monoisotopic (exact) mass is 285 g/mol. The van der Waals surface area contributed by atoms with Gasteiger partial charge in [0.15, 0.2) is 11.6 Å². The number of nitrogens with zero attached hydrogens (tertiary/aromatic N) is 1. The normalized spacial score (nSPS) is 22.1. The number of aliphatic hydroxyl groups is 1. The molecule has 2 atom stereocenters. The Morgan fingerprint density at radius 2 is 2.00 bits per heavy atom. The second-order valence-corrected chi connectivity index (χ2v) is 4.71. The summed E-state index contributed by atoms with van der Waals surface area (Å²) in [6.45, 7) is -0.0700. The summed E-state index contributed by atoms with van der Waals surface area (Å²) in [7, 11) is 0. The molecule has 20 heavy (non-hydrogen) atoms. The number of rotatable bonds is 3. The summed E-state index contributed by atoms with van der Waals surface area (Å²) in [5, 5.41) is 18.4. The first-order valence-corrected chi connectivity index (χ1v) is 6.02. The zero-order valence-electron chi connectivity index (χ0n) is 10.4. The predicted octanol–water partition coefficient (Wildman–Crippen LogP) is 0.554. The second kappa shape index (κ2) is 5.54. The summed E-state index contributed by atoms with van der Waals surface area (Å²) in [5.41, 5.74) is 0.249. The molecule has 1 amide bonds. The lowest BCUT2D eigenvalue weighted by Gasteiger charge is -2.21. The predicted molar refractivity (Wildman–Crippen MR) is 63.8 cm³/mol. The number of hydrogen-bond donors (Lipinski definition) is 2. The number of halogens is 2. The molecule has 1 heterocycles. The number of amides is 1. The lowest BCUT2D eigenvalue weighted by molar-refractivity contribution is -0.148. The molecule has 108 valence electrons. The summed E-state index contributed by atoms with van der Waals surface area (Å²) < 4.78 is 25.8. The van der Waals surface area contributed by atoms with E-state index >= 15 is 0 Å². The number of carbonyl (C=O) groups is 2. The number of β-amino-alcohol motifs (C(OH)–C–C–N with tert-alkyl or cyclic N) is 1. The van der Waals surface area contributed by atoms with Crippen LogP contribution in [0.1, 0.15) is 12.0 Å². The Morgan fingerprint density at radius 1 is 1.30 bits per heavy atom. The number of carboxylic acid groups (broad SMARTS) is 1. The van der Waals surface area contributed by atoms with Gasteiger partial charge >= 0.3 is 5.97 Å². The van der Waals surface area contributed by atoms with Crippen LogP contribution in [-0.2, 0) is 16.0 Å². The van der Waals surface area contributed by atoms with Gasteiger partial charge in [-0.1, -0.05) is 6.07 Å². The van der Waals surface area contributed by atoms with Gasteiger partial charge in [-0.25, -0.2) is 13.6 Å². The van der Waals surface area contributed by atoms with E-state index in [1.54, 1.807) is 0 Å². The van der Waals surface area contributed by atoms with Crippen molar-refractivity contribution in [2.45, 2.75) is 25.0 Å². The smallest absolute Gasteiger partial charge is 0.326 e. The van der Waals surface area contributed by atoms with Gasteiger partial charge in [0.25, 0.3) is 0 Å². The molecule has 0 aliphatic carbocycles. The van der Waals surface area contributed by atoms with Crippen LogP contribution >= 0.6 is 0 Å². The zero-order chi connectivity index (χ0) is 14.9. The molecule has 1 aromatic carbocycles. The molecule has 0 bridgehead atoms. The van der Waals surface area contributed by atoms with Crippen LogP contribution in [0.15, 0.2) is 18.2 Å². The molecule has 1 unspecified atom stereocenters. The van der Waals surface area contributed by atoms with Crippen molar-refractivity contribution in [1.82, 2.24) is 4.90 Å². The van der Waals surface area contributed by atoms with E-state index < -0.39 is 35.7 Å². The van der Waals surface area contributed by atoms with Crippen LogP contribution in [0.4, 0.5) is 8.78 Å². The van der Waals surface area contributed by atoms with E-state index in [0.717, 1.165) is 17.0 Å². The number of likely N-dealkylation sites (tertiary alicyclic amines) is 1. The van der Waals surface area contributed by atoms with E-state index in [-0.39, 0.29) is 24.9 Å². The molecule has 5 nitrogen and oxygen atoms in total. The lowest BCUT2D eigenvalue weighted by Crippen LogP contribution is -2.41. The van der Waals surface area contributed by atoms with Crippen molar-refractivity contribution in [3.63, 3.8) is 0 Å². The van der Waals surface area contributed by atoms with Gasteiger partial charge in [-0.05, 0) is 17.7 Å². The maximum atomic E-state index is 13.0. The van der Waals surface area contributed by atoms with Gasteiger partial charge in [-0.3, -0.25) is 4.79 Å². The third kappa shape index (κ3) is 2.93. The van der Waals surface area contributed by atoms with Gasteiger partial charge in [-0.2, -0.15) is 0 Å². The molecule has 1 aromatic rings. The molecule has 1 aliphatic heterocycles. The molecular formula is C13H13F2NO4. The highest BCUT2D eigenvalue weighted by atomic mass is 19.2. The first-order valence-electron chi connectivity index (χ1n) is 6.02. The van der Waals surface area contributed by atoms with E-state index in [1.807, 2.05) is 0 Å². The summed E-state index contributed by atoms with van der Waals surface area (Å²) >= 11 is 0. The maximum absolute atomic E-state index is 13.0. The van der Waals surface area contributed by atoms with E-state index in [2.05, 4.69) is 0 Å². The fraction of sp³-hybridized carbons (Fsp3) is 0.385. The average molecular weight is 285 g/mol. The van der Waals surface area contributed by atoms with Crippen molar-refractivity contribution >= 4 is 11.9 Å². The van der Waals surface area contributed by atoms with Crippen LogP contribution in [0.5, 0.6) is 0 Å². The summed E-state index contributed by atoms with van der Waals surface area (Å²) in [6, 6.07) is 1.99. The van der Waals surface area contributed by atoms with Gasteiger partial charge in [0.05, 0.1) is 12.5 Å². The average Bonchev–Trinajstić information content (AvgIpc) is 2.76. The first kappa shape index (κ1) is 14.4. The summed E-state index contributed by atoms with van der Waals surface area (Å²) in [6.07, 6.45) is -1.16. The number of aliphatic carboxylic acids is 1. The van der Waals surface area contributed by atoms with E-state index in [1.165, 1.54) is 6.07 Å². The molecule has 1 fully saturated rings. The van der Waals surface area contributed by atoms with E-state index in [9.17, 15) is 23.5 Å². The number of carbonyl (C=O) groups excluding carboxylic acids is 1. The lowest BCUT2D eigenvalue weighted by atomic mass is 10.1. The van der Waals surface area contributed by atoms with Crippen LogP contribution < -0.4 is 0 Å². The zero-order valence-corrected chi connectivity index (χ0v) is 10.4. The van der Waals surface area contributed by atoms with Gasteiger partial charge in [0, 0.05) is 13.0 Å². The van der Waals surface area contributed by atoms with Crippen LogP contribution in [0, 0.1) is 11.6 Å². The topological polar surface area (TPSA) is 77.8 Å². The molecule has 0 spiro atoms. The third-order valence-corrected chi connectivity index (χ3v) is 3.22. The minimum absolute atomic E-state index is 0.0289. The van der Waals surface area contributed by atoms with Crippen LogP contribution in [0.2, 0.25) is 0 Å². The number of carboxylic acids is 1. The van der Waals surface area contributed by atoms with Crippen molar-refractivity contribution in [3.8, 4) is 0 Å². The number of benzene rings is 1. The highest BCUT2D eigenvalue weighted by Crippen LogP contribution is 2.20.